The second-order valence-corrected chi connectivity index (χ2v) is 0.207. The van der Waals surface area contributed by atoms with E-state index < -0.39 is 0 Å². The van der Waals surface area contributed by atoms with Crippen molar-refractivity contribution in [1.82, 2.24) is 0 Å². The number of rotatable bonds is 0. The fourth-order valence-corrected chi connectivity index (χ4v) is 0. The Bertz CT molecular complexity index is 18.5. The van der Waals surface area contributed by atoms with Crippen LogP contribution >= 0.6 is 11.9 Å². The SMILES string of the molecule is O.OOCl.[Ca+2].[Ca+2].[H-].[H-].[H-].[H-]. The van der Waals surface area contributed by atoms with E-state index in [-0.39, 0.29) is 86.7 Å². The van der Waals surface area contributed by atoms with Gasteiger partial charge in [-0.3, -0.25) is 0 Å². The Hall–Kier alpha value is 2.69. The van der Waals surface area contributed by atoms with Gasteiger partial charge < -0.3 is 11.2 Å². The Morgan fingerprint density at radius 3 is 1.50 bits per heavy atom. The molecule has 0 amide bonds. The maximum atomic E-state index is 6.83. The first kappa shape index (κ1) is 23.4. The molecule has 0 aliphatic heterocycles. The summed E-state index contributed by atoms with van der Waals surface area (Å²) in [5, 5.41) is 6.83. The van der Waals surface area contributed by atoms with Gasteiger partial charge in [0.05, 0.1) is 11.9 Å². The van der Waals surface area contributed by atoms with Crippen LogP contribution in [0.3, 0.4) is 0 Å². The van der Waals surface area contributed by atoms with Gasteiger partial charge in [-0.05, 0) is 0 Å². The van der Waals surface area contributed by atoms with Crippen LogP contribution in [0, 0.1) is 0 Å². The molecular weight excluding hydrogens is 164 g/mol. The van der Waals surface area contributed by atoms with E-state index in [0.717, 1.165) is 0 Å². The molecule has 3 nitrogen and oxygen atoms in total. The van der Waals surface area contributed by atoms with E-state index in [0.29, 0.717) is 0 Å². The van der Waals surface area contributed by atoms with Crippen molar-refractivity contribution < 1.29 is 20.9 Å². The van der Waals surface area contributed by atoms with Gasteiger partial charge in [0.25, 0.3) is 0 Å². The van der Waals surface area contributed by atoms with E-state index in [1.807, 2.05) is 0 Å². The summed E-state index contributed by atoms with van der Waals surface area (Å²) in [6, 6.07) is 0. The molecule has 0 aromatic carbocycles. The van der Waals surface area contributed by atoms with Crippen molar-refractivity contribution in [3.05, 3.63) is 0 Å². The Balaban J connectivity index is -0.000000000952. The molecule has 0 aliphatic carbocycles. The van der Waals surface area contributed by atoms with Gasteiger partial charge in [-0.1, -0.05) is 0 Å². The number of hydrogen-bond acceptors (Lipinski definition) is 2. The zero-order valence-electron chi connectivity index (χ0n) is 7.15. The maximum Gasteiger partial charge on any atom is 2.00 e. The summed E-state index contributed by atoms with van der Waals surface area (Å²) in [6.07, 6.45) is 0. The van der Waals surface area contributed by atoms with E-state index in [9.17, 15) is 0 Å². The standard InChI is InChI=1S/2Ca.ClHO2.H2O.4H/c;;1-3-2;;;;;/h;;2H;1H2;;;;/q2*+2;;;4*-1. The molecule has 6 heavy (non-hydrogen) atoms. The van der Waals surface area contributed by atoms with Crippen molar-refractivity contribution in [3.8, 4) is 0 Å². The van der Waals surface area contributed by atoms with Gasteiger partial charge >= 0.3 is 75.5 Å². The molecule has 0 rings (SSSR count). The van der Waals surface area contributed by atoms with E-state index in [2.05, 4.69) is 16.3 Å². The molecule has 0 fully saturated rings. The summed E-state index contributed by atoms with van der Waals surface area (Å²) in [5.41, 5.74) is 0. The molecule has 0 aromatic rings. The van der Waals surface area contributed by atoms with Crippen LogP contribution in [0.1, 0.15) is 5.71 Å². The minimum atomic E-state index is 0. The van der Waals surface area contributed by atoms with Gasteiger partial charge in [0.1, 0.15) is 0 Å². The van der Waals surface area contributed by atoms with Crippen LogP contribution in [0.25, 0.3) is 0 Å². The summed E-state index contributed by atoms with van der Waals surface area (Å²) in [6.45, 7) is 0. The van der Waals surface area contributed by atoms with Crippen LogP contribution in [0.2, 0.25) is 0 Å². The van der Waals surface area contributed by atoms with Crippen molar-refractivity contribution in [2.24, 2.45) is 0 Å². The molecule has 0 saturated carbocycles. The molecule has 0 radical (unpaired) electrons. The smallest absolute Gasteiger partial charge is 1.00 e. The first-order valence-electron chi connectivity index (χ1n) is 0.337. The van der Waals surface area contributed by atoms with Crippen LogP contribution in [-0.2, 0) is 4.44 Å². The van der Waals surface area contributed by atoms with Gasteiger partial charge in [-0.25, -0.2) is 5.26 Å². The van der Waals surface area contributed by atoms with Crippen molar-refractivity contribution in [2.45, 2.75) is 0 Å². The summed E-state index contributed by atoms with van der Waals surface area (Å²) >= 11 is 4.05. The van der Waals surface area contributed by atoms with Gasteiger partial charge in [0, 0.05) is 0 Å². The topological polar surface area (TPSA) is 61.0 Å². The Kier molecular flexibility index (Phi) is 98.4. The van der Waals surface area contributed by atoms with Crippen molar-refractivity contribution in [3.63, 3.8) is 0 Å². The van der Waals surface area contributed by atoms with Crippen LogP contribution in [0.5, 0.6) is 0 Å². The number of halogens is 1. The molecule has 6 heteroatoms. The van der Waals surface area contributed by atoms with Crippen molar-refractivity contribution >= 4 is 87.3 Å². The summed E-state index contributed by atoms with van der Waals surface area (Å²) < 4.78 is 2.72. The van der Waals surface area contributed by atoms with Crippen LogP contribution in [0.15, 0.2) is 0 Å². The van der Waals surface area contributed by atoms with Crippen molar-refractivity contribution in [2.75, 3.05) is 0 Å². The zero-order valence-corrected chi connectivity index (χ0v) is 8.32. The molecule has 0 aliphatic rings. The maximum absolute atomic E-state index is 6.83. The molecule has 0 aromatic heterocycles. The quantitative estimate of drug-likeness (QED) is 0.303. The first-order valence-corrected chi connectivity index (χ1v) is 0.645. The predicted octanol–water partition coefficient (Wildman–Crippen LogP) is -0.506. The minimum Gasteiger partial charge on any atom is -1.00 e. The Morgan fingerprint density at radius 2 is 1.50 bits per heavy atom. The minimum absolute atomic E-state index is 0. The third-order valence-electron chi connectivity index (χ3n) is 0. The van der Waals surface area contributed by atoms with E-state index in [4.69, 9.17) is 5.26 Å². The third-order valence-corrected chi connectivity index (χ3v) is 0. The average molecular weight is 171 g/mol. The third kappa shape index (κ3) is 29.9. The molecule has 0 atom stereocenters. The van der Waals surface area contributed by atoms with E-state index in [1.165, 1.54) is 0 Å². The van der Waals surface area contributed by atoms with Crippen molar-refractivity contribution in [1.29, 1.82) is 0 Å². The van der Waals surface area contributed by atoms with Gasteiger partial charge in [-0.2, -0.15) is 0 Å². The molecule has 0 heterocycles. The zero-order chi connectivity index (χ0) is 2.71. The molecule has 0 bridgehead atoms. The van der Waals surface area contributed by atoms with Gasteiger partial charge in [0.15, 0.2) is 0 Å². The normalized spacial score (nSPS) is 3.00. The Labute approximate surface area is 106 Å². The largest absolute Gasteiger partial charge is 2.00 e. The first-order chi connectivity index (χ1) is 1.41. The summed E-state index contributed by atoms with van der Waals surface area (Å²) in [7, 11) is 0. The van der Waals surface area contributed by atoms with E-state index in [1.54, 1.807) is 0 Å². The fourth-order valence-electron chi connectivity index (χ4n) is 0. The summed E-state index contributed by atoms with van der Waals surface area (Å²) in [4.78, 5) is 0. The molecule has 36 valence electrons. The van der Waals surface area contributed by atoms with E-state index >= 15 is 0 Å². The van der Waals surface area contributed by atoms with Crippen LogP contribution in [0.4, 0.5) is 0 Å². The predicted molar refractivity (Wildman–Crippen MR) is 29.1 cm³/mol. The molecule has 0 saturated heterocycles. The second-order valence-electron chi connectivity index (χ2n) is 0.0690. The fraction of sp³-hybridized carbons (Fsp3) is 0. The second kappa shape index (κ2) is 25.3. The average Bonchev–Trinajstić information content (AvgIpc) is 0.918. The summed E-state index contributed by atoms with van der Waals surface area (Å²) in [5.74, 6) is 0. The number of hydrogen-bond donors (Lipinski definition) is 1. The monoisotopic (exact) mass is 170 g/mol. The molecule has 0 spiro atoms. The molecular formula is H7Ca2ClO3. The van der Waals surface area contributed by atoms with Gasteiger partial charge in [-0.15, -0.1) is 4.44 Å². The van der Waals surface area contributed by atoms with Crippen LogP contribution < -0.4 is 0 Å². The van der Waals surface area contributed by atoms with Crippen LogP contribution in [-0.4, -0.2) is 86.2 Å². The molecule has 0 unspecified atom stereocenters. The Morgan fingerprint density at radius 1 is 1.50 bits per heavy atom. The molecule has 3 N–H and O–H groups in total. The van der Waals surface area contributed by atoms with Gasteiger partial charge in [0.2, 0.25) is 0 Å².